The van der Waals surface area contributed by atoms with Crippen molar-refractivity contribution in [1.29, 1.82) is 0 Å². The van der Waals surface area contributed by atoms with Gasteiger partial charge in [-0.3, -0.25) is 19.1 Å². The number of hydrogen-bond acceptors (Lipinski definition) is 7. The van der Waals surface area contributed by atoms with Crippen molar-refractivity contribution in [3.05, 3.63) is 92.9 Å². The Morgan fingerprint density at radius 1 is 0.971 bits per heavy atom. The van der Waals surface area contributed by atoms with Gasteiger partial charge in [-0.1, -0.05) is 12.1 Å². The topological polar surface area (TPSA) is 130 Å². The summed E-state index contributed by atoms with van der Waals surface area (Å²) in [6, 6.07) is 13.8. The summed E-state index contributed by atoms with van der Waals surface area (Å²) in [6.07, 6.45) is 3.41. The Morgan fingerprint density at radius 2 is 1.74 bits per heavy atom. The van der Waals surface area contributed by atoms with E-state index in [1.54, 1.807) is 54.9 Å². The zero-order valence-corrected chi connectivity index (χ0v) is 18.3. The van der Waals surface area contributed by atoms with Gasteiger partial charge in [-0.15, -0.1) is 0 Å². The van der Waals surface area contributed by atoms with Gasteiger partial charge in [-0.2, -0.15) is 0 Å². The molecule has 1 fully saturated rings. The summed E-state index contributed by atoms with van der Waals surface area (Å²) in [4.78, 5) is 52.7. The molecule has 34 heavy (non-hydrogen) atoms. The molecule has 0 unspecified atom stereocenters. The van der Waals surface area contributed by atoms with Crippen LogP contribution in [-0.4, -0.2) is 56.5 Å². The molecule has 3 N–H and O–H groups in total. The van der Waals surface area contributed by atoms with Gasteiger partial charge in [0, 0.05) is 49.8 Å². The van der Waals surface area contributed by atoms with E-state index < -0.39 is 11.2 Å². The second-order valence-corrected chi connectivity index (χ2v) is 8.15. The van der Waals surface area contributed by atoms with Gasteiger partial charge in [-0.25, -0.2) is 14.8 Å². The first kappa shape index (κ1) is 21.4. The third-order valence-electron chi connectivity index (χ3n) is 5.94. The number of aromatic amines is 1. The molecule has 1 aliphatic heterocycles. The van der Waals surface area contributed by atoms with E-state index in [0.29, 0.717) is 54.3 Å². The molecule has 0 bridgehead atoms. The Balaban J connectivity index is 1.35. The first-order valence-electron chi connectivity index (χ1n) is 10.9. The maximum atomic E-state index is 13.2. The molecule has 172 valence electrons. The second-order valence-electron chi connectivity index (χ2n) is 8.15. The number of nitrogens with zero attached hydrogens (tertiary/aromatic N) is 5. The lowest BCUT2D eigenvalue weighted by molar-refractivity contribution is 0.0746. The van der Waals surface area contributed by atoms with Crippen LogP contribution >= 0.6 is 0 Å². The minimum absolute atomic E-state index is 0.0677. The van der Waals surface area contributed by atoms with Crippen LogP contribution < -0.4 is 21.9 Å². The summed E-state index contributed by atoms with van der Waals surface area (Å²) in [6.45, 7) is 2.63. The maximum absolute atomic E-state index is 13.2. The van der Waals surface area contributed by atoms with Crippen molar-refractivity contribution in [2.45, 2.75) is 6.54 Å². The van der Waals surface area contributed by atoms with Crippen molar-refractivity contribution in [3.8, 4) is 0 Å². The minimum Gasteiger partial charge on any atom is -0.399 e. The predicted molar refractivity (Wildman–Crippen MR) is 129 cm³/mol. The van der Waals surface area contributed by atoms with Gasteiger partial charge >= 0.3 is 5.69 Å². The van der Waals surface area contributed by atoms with Crippen LogP contribution in [0.5, 0.6) is 0 Å². The lowest BCUT2D eigenvalue weighted by Gasteiger charge is -2.34. The first-order chi connectivity index (χ1) is 16.5. The number of carbonyl (C=O) groups excluding carboxylic acids is 1. The fourth-order valence-corrected chi connectivity index (χ4v) is 4.20. The van der Waals surface area contributed by atoms with E-state index >= 15 is 0 Å². The molecule has 0 atom stereocenters. The van der Waals surface area contributed by atoms with Crippen LogP contribution in [0.15, 0.2) is 70.5 Å². The van der Waals surface area contributed by atoms with E-state index in [4.69, 9.17) is 5.73 Å². The number of nitrogens with one attached hydrogen (secondary N) is 1. The van der Waals surface area contributed by atoms with Gasteiger partial charge in [0.2, 0.25) is 5.95 Å². The highest BCUT2D eigenvalue weighted by Crippen LogP contribution is 2.16. The van der Waals surface area contributed by atoms with E-state index in [2.05, 4.69) is 19.9 Å². The number of nitrogens with two attached hydrogens (primary N) is 1. The summed E-state index contributed by atoms with van der Waals surface area (Å²) in [5.41, 5.74) is 7.06. The van der Waals surface area contributed by atoms with E-state index in [9.17, 15) is 14.4 Å². The van der Waals surface area contributed by atoms with Crippen LogP contribution in [0.4, 0.5) is 11.6 Å². The number of benzene rings is 2. The maximum Gasteiger partial charge on any atom is 0.329 e. The average molecular weight is 457 g/mol. The number of piperazine rings is 1. The van der Waals surface area contributed by atoms with Gasteiger partial charge in [0.05, 0.1) is 17.4 Å². The third kappa shape index (κ3) is 4.13. The highest BCUT2D eigenvalue weighted by atomic mass is 16.2. The van der Waals surface area contributed by atoms with Crippen LogP contribution in [0.3, 0.4) is 0 Å². The van der Waals surface area contributed by atoms with Crippen LogP contribution in [0.2, 0.25) is 0 Å². The van der Waals surface area contributed by atoms with Crippen molar-refractivity contribution in [3.63, 3.8) is 0 Å². The van der Waals surface area contributed by atoms with E-state index in [0.717, 1.165) is 5.56 Å². The molecule has 4 aromatic rings. The molecule has 3 heterocycles. The highest BCUT2D eigenvalue weighted by molar-refractivity contribution is 5.94. The van der Waals surface area contributed by atoms with Gasteiger partial charge < -0.3 is 15.5 Å². The third-order valence-corrected chi connectivity index (χ3v) is 5.94. The number of fused-ring (bicyclic) bond motifs is 1. The number of hydrogen-bond donors (Lipinski definition) is 2. The van der Waals surface area contributed by atoms with Crippen molar-refractivity contribution < 1.29 is 4.79 Å². The molecule has 2 aromatic carbocycles. The molecule has 10 heteroatoms. The molecular weight excluding hydrogens is 434 g/mol. The number of carbonyl (C=O) groups is 1. The number of amides is 1. The van der Waals surface area contributed by atoms with Crippen molar-refractivity contribution in [1.82, 2.24) is 24.4 Å². The molecule has 0 radical (unpaired) electrons. The van der Waals surface area contributed by atoms with Crippen LogP contribution in [0.1, 0.15) is 15.9 Å². The van der Waals surface area contributed by atoms with Gasteiger partial charge in [0.25, 0.3) is 11.5 Å². The number of nitrogen functional groups attached to an aromatic ring is 1. The summed E-state index contributed by atoms with van der Waals surface area (Å²) in [5, 5.41) is 0.340. The summed E-state index contributed by atoms with van der Waals surface area (Å²) >= 11 is 0. The first-order valence-corrected chi connectivity index (χ1v) is 10.9. The molecule has 2 aromatic heterocycles. The molecular formula is C24H23N7O3. The zero-order chi connectivity index (χ0) is 23.7. The van der Waals surface area contributed by atoms with E-state index in [1.807, 2.05) is 11.0 Å². The molecule has 0 aliphatic carbocycles. The lowest BCUT2D eigenvalue weighted by Crippen LogP contribution is -2.49. The second kappa shape index (κ2) is 8.81. The highest BCUT2D eigenvalue weighted by Gasteiger charge is 2.23. The molecule has 10 nitrogen and oxygen atoms in total. The SMILES string of the molecule is Nc1ccc2c(c1)c(=O)[nH]c(=O)n2Cc1cccc(C(=O)N2CCN(c3ncccn3)CC2)c1. The fraction of sp³-hybridized carbons (Fsp3) is 0.208. The Bertz CT molecular complexity index is 1470. The number of aromatic nitrogens is 4. The summed E-state index contributed by atoms with van der Waals surface area (Å²) in [7, 11) is 0. The number of anilines is 2. The Morgan fingerprint density at radius 3 is 2.50 bits per heavy atom. The zero-order valence-electron chi connectivity index (χ0n) is 18.3. The van der Waals surface area contributed by atoms with Gasteiger partial charge in [0.1, 0.15) is 0 Å². The standard InChI is InChI=1S/C24H23N7O3/c25-18-5-6-20-19(14-18)21(32)28-24(34)31(20)15-16-3-1-4-17(13-16)22(33)29-9-11-30(12-10-29)23-26-7-2-8-27-23/h1-8,13-14H,9-12,15,25H2,(H,28,32,34). The van der Waals surface area contributed by atoms with Crippen molar-refractivity contribution in [2.75, 3.05) is 36.8 Å². The number of H-pyrrole nitrogens is 1. The largest absolute Gasteiger partial charge is 0.399 e. The molecule has 0 spiro atoms. The van der Waals surface area contributed by atoms with Crippen LogP contribution in [-0.2, 0) is 6.54 Å². The monoisotopic (exact) mass is 457 g/mol. The van der Waals surface area contributed by atoms with Crippen molar-refractivity contribution >= 4 is 28.4 Å². The molecule has 5 rings (SSSR count). The van der Waals surface area contributed by atoms with Gasteiger partial charge in [0.15, 0.2) is 0 Å². The van der Waals surface area contributed by atoms with E-state index in [-0.39, 0.29) is 12.5 Å². The van der Waals surface area contributed by atoms with E-state index in [1.165, 1.54) is 4.57 Å². The Hall–Kier alpha value is -4.47. The minimum atomic E-state index is -0.516. The normalized spacial score (nSPS) is 13.9. The summed E-state index contributed by atoms with van der Waals surface area (Å²) in [5.74, 6) is 0.596. The predicted octanol–water partition coefficient (Wildman–Crippen LogP) is 1.07. The Kier molecular flexibility index (Phi) is 5.54. The van der Waals surface area contributed by atoms with Gasteiger partial charge in [-0.05, 0) is 42.0 Å². The molecule has 1 saturated heterocycles. The Labute approximate surface area is 194 Å². The number of rotatable bonds is 4. The quantitative estimate of drug-likeness (QED) is 0.439. The smallest absolute Gasteiger partial charge is 0.329 e. The van der Waals surface area contributed by atoms with Crippen LogP contribution in [0.25, 0.3) is 10.9 Å². The molecule has 0 saturated carbocycles. The lowest BCUT2D eigenvalue weighted by atomic mass is 10.1. The fourth-order valence-electron chi connectivity index (χ4n) is 4.20. The molecule has 1 amide bonds. The summed E-state index contributed by atoms with van der Waals surface area (Å²) < 4.78 is 1.47. The van der Waals surface area contributed by atoms with Crippen molar-refractivity contribution in [2.24, 2.45) is 0 Å². The van der Waals surface area contributed by atoms with Crippen LogP contribution in [0, 0.1) is 0 Å². The average Bonchev–Trinajstić information content (AvgIpc) is 2.87. The molecule has 1 aliphatic rings.